The summed E-state index contributed by atoms with van der Waals surface area (Å²) in [6.45, 7) is 4.17. The van der Waals surface area contributed by atoms with Crippen molar-refractivity contribution in [3.05, 3.63) is 16.1 Å². The summed E-state index contributed by atoms with van der Waals surface area (Å²) in [6.07, 6.45) is 5.14. The molecule has 1 saturated carbocycles. The van der Waals surface area contributed by atoms with Crippen LogP contribution in [0.4, 0.5) is 0 Å². The van der Waals surface area contributed by atoms with Crippen molar-refractivity contribution in [3.8, 4) is 0 Å². The molecule has 2 unspecified atom stereocenters. The molecule has 0 spiro atoms. The molecular formula is C13H20N2O2S. The Morgan fingerprint density at radius 3 is 2.89 bits per heavy atom. The van der Waals surface area contributed by atoms with E-state index in [-0.39, 0.29) is 18.1 Å². The highest BCUT2D eigenvalue weighted by Gasteiger charge is 2.37. The van der Waals surface area contributed by atoms with Crippen LogP contribution in [0, 0.1) is 5.92 Å². The van der Waals surface area contributed by atoms with Gasteiger partial charge in [-0.3, -0.25) is 10.1 Å². The van der Waals surface area contributed by atoms with Gasteiger partial charge in [0.1, 0.15) is 11.0 Å². The van der Waals surface area contributed by atoms with Gasteiger partial charge < -0.3 is 4.74 Å². The van der Waals surface area contributed by atoms with Crippen LogP contribution in [0.1, 0.15) is 42.6 Å². The molecule has 1 aromatic heterocycles. The Morgan fingerprint density at radius 1 is 1.67 bits per heavy atom. The molecule has 0 aromatic carbocycles. The number of ether oxygens (including phenoxy) is 1. The number of esters is 1. The van der Waals surface area contributed by atoms with Crippen molar-refractivity contribution in [3.63, 3.8) is 0 Å². The van der Waals surface area contributed by atoms with Gasteiger partial charge in [-0.25, -0.2) is 4.98 Å². The molecule has 5 heteroatoms. The number of nitrogens with one attached hydrogen (secondary N) is 1. The zero-order valence-corrected chi connectivity index (χ0v) is 11.9. The third-order valence-corrected chi connectivity index (χ3v) is 4.59. The minimum atomic E-state index is -0.182. The summed E-state index contributed by atoms with van der Waals surface area (Å²) in [4.78, 5) is 17.4. The number of hydrogen-bond acceptors (Lipinski definition) is 5. The smallest absolute Gasteiger partial charge is 0.323 e. The first-order chi connectivity index (χ1) is 8.65. The van der Waals surface area contributed by atoms with Gasteiger partial charge >= 0.3 is 5.97 Å². The monoisotopic (exact) mass is 268 g/mol. The Kier molecular flexibility index (Phi) is 4.35. The summed E-state index contributed by atoms with van der Waals surface area (Å²) in [7, 11) is 1.45. The molecule has 4 nitrogen and oxygen atoms in total. The summed E-state index contributed by atoms with van der Waals surface area (Å²) in [5.74, 6) is 0.280. The first-order valence-electron chi connectivity index (χ1n) is 6.44. The second-order valence-electron chi connectivity index (χ2n) is 4.74. The van der Waals surface area contributed by atoms with Crippen LogP contribution in [0.2, 0.25) is 0 Å². The van der Waals surface area contributed by atoms with Crippen molar-refractivity contribution in [1.29, 1.82) is 0 Å². The van der Waals surface area contributed by atoms with Gasteiger partial charge in [0.15, 0.2) is 0 Å². The molecule has 1 aliphatic carbocycles. The molecule has 100 valence electrons. The van der Waals surface area contributed by atoms with E-state index in [9.17, 15) is 4.79 Å². The topological polar surface area (TPSA) is 51.2 Å². The van der Waals surface area contributed by atoms with Gasteiger partial charge in [0.05, 0.1) is 13.2 Å². The molecule has 0 saturated heterocycles. The van der Waals surface area contributed by atoms with Crippen molar-refractivity contribution >= 4 is 17.3 Å². The van der Waals surface area contributed by atoms with E-state index in [4.69, 9.17) is 4.74 Å². The molecule has 0 radical (unpaired) electrons. The fraction of sp³-hybridized carbons (Fsp3) is 0.692. The predicted octanol–water partition coefficient (Wildman–Crippen LogP) is 2.31. The fourth-order valence-electron chi connectivity index (χ4n) is 1.98. The number of nitrogens with zero attached hydrogens (tertiary/aromatic N) is 1. The number of carbonyl (C=O) groups excluding carboxylic acids is 1. The number of aromatic nitrogens is 1. The Morgan fingerprint density at radius 2 is 2.39 bits per heavy atom. The Labute approximate surface area is 112 Å². The van der Waals surface area contributed by atoms with Crippen molar-refractivity contribution in [2.24, 2.45) is 5.92 Å². The van der Waals surface area contributed by atoms with E-state index in [0.29, 0.717) is 5.92 Å². The van der Waals surface area contributed by atoms with Crippen molar-refractivity contribution in [2.45, 2.75) is 45.2 Å². The van der Waals surface area contributed by atoms with Gasteiger partial charge in [0.25, 0.3) is 0 Å². The summed E-state index contributed by atoms with van der Waals surface area (Å²) in [5.41, 5.74) is 0. The molecule has 1 fully saturated rings. The molecule has 1 aliphatic rings. The van der Waals surface area contributed by atoms with Crippen LogP contribution < -0.4 is 5.32 Å². The molecule has 0 bridgehead atoms. The fourth-order valence-corrected chi connectivity index (χ4v) is 2.85. The highest BCUT2D eigenvalue weighted by atomic mass is 32.1. The highest BCUT2D eigenvalue weighted by molar-refractivity contribution is 7.11. The lowest BCUT2D eigenvalue weighted by Crippen LogP contribution is -2.40. The first-order valence-corrected chi connectivity index (χ1v) is 7.25. The standard InChI is InChI=1S/C13H20N2O2S/c1-4-10-7-14-12(18-10)8(2)15-11(9-5-6-9)13(16)17-3/h7-9,11,15H,4-6H2,1-3H3. The second-order valence-corrected chi connectivity index (χ2v) is 5.89. The average molecular weight is 268 g/mol. The van der Waals surface area contributed by atoms with E-state index in [1.807, 2.05) is 6.20 Å². The maximum Gasteiger partial charge on any atom is 0.323 e. The molecule has 1 heterocycles. The van der Waals surface area contributed by atoms with Gasteiger partial charge in [-0.15, -0.1) is 11.3 Å². The zero-order valence-electron chi connectivity index (χ0n) is 11.1. The van der Waals surface area contributed by atoms with Crippen LogP contribution in [0.15, 0.2) is 6.20 Å². The summed E-state index contributed by atoms with van der Waals surface area (Å²) < 4.78 is 4.86. The van der Waals surface area contributed by atoms with Crippen LogP contribution >= 0.6 is 11.3 Å². The van der Waals surface area contributed by atoms with Crippen LogP contribution in [0.3, 0.4) is 0 Å². The van der Waals surface area contributed by atoms with E-state index < -0.39 is 0 Å². The number of carbonyl (C=O) groups is 1. The highest BCUT2D eigenvalue weighted by Crippen LogP contribution is 2.34. The molecule has 1 aromatic rings. The Hall–Kier alpha value is -0.940. The van der Waals surface area contributed by atoms with Crippen molar-refractivity contribution in [2.75, 3.05) is 7.11 Å². The van der Waals surface area contributed by atoms with E-state index in [2.05, 4.69) is 24.1 Å². The van der Waals surface area contributed by atoms with Gasteiger partial charge in [-0.1, -0.05) is 6.92 Å². The summed E-state index contributed by atoms with van der Waals surface area (Å²) in [5, 5.41) is 4.40. The number of rotatable bonds is 6. The second kappa shape index (κ2) is 5.80. The van der Waals surface area contributed by atoms with Gasteiger partial charge in [-0.2, -0.15) is 0 Å². The lowest BCUT2D eigenvalue weighted by Gasteiger charge is -2.19. The quantitative estimate of drug-likeness (QED) is 0.804. The maximum absolute atomic E-state index is 11.7. The summed E-state index contributed by atoms with van der Waals surface area (Å²) in [6, 6.07) is -0.0843. The average Bonchev–Trinajstić information content (AvgIpc) is 3.11. The molecule has 1 N–H and O–H groups in total. The minimum Gasteiger partial charge on any atom is -0.468 e. The normalized spacial score (nSPS) is 18.4. The first kappa shape index (κ1) is 13.5. The van der Waals surface area contributed by atoms with Crippen LogP contribution in [0.25, 0.3) is 0 Å². The third-order valence-electron chi connectivity index (χ3n) is 3.27. The molecule has 0 aliphatic heterocycles. The van der Waals surface area contributed by atoms with E-state index in [1.54, 1.807) is 11.3 Å². The minimum absolute atomic E-state index is 0.0972. The van der Waals surface area contributed by atoms with Gasteiger partial charge in [-0.05, 0) is 32.1 Å². The lowest BCUT2D eigenvalue weighted by atomic mass is 10.1. The van der Waals surface area contributed by atoms with Crippen molar-refractivity contribution in [1.82, 2.24) is 10.3 Å². The Balaban J connectivity index is 1.99. The number of methoxy groups -OCH3 is 1. The zero-order chi connectivity index (χ0) is 13.1. The van der Waals surface area contributed by atoms with E-state index >= 15 is 0 Å². The Bertz CT molecular complexity index is 415. The van der Waals surface area contributed by atoms with Gasteiger partial charge in [0.2, 0.25) is 0 Å². The van der Waals surface area contributed by atoms with Crippen LogP contribution in [0.5, 0.6) is 0 Å². The van der Waals surface area contributed by atoms with Gasteiger partial charge in [0, 0.05) is 11.1 Å². The largest absolute Gasteiger partial charge is 0.468 e. The molecule has 18 heavy (non-hydrogen) atoms. The van der Waals surface area contributed by atoms with E-state index in [0.717, 1.165) is 24.3 Å². The molecule has 2 atom stereocenters. The summed E-state index contributed by atoms with van der Waals surface area (Å²) >= 11 is 1.71. The van der Waals surface area contributed by atoms with Crippen molar-refractivity contribution < 1.29 is 9.53 Å². The van der Waals surface area contributed by atoms with Crippen LogP contribution in [-0.4, -0.2) is 24.1 Å². The number of thiazole rings is 1. The SMILES string of the molecule is CCc1cnc(C(C)NC(C(=O)OC)C2CC2)s1. The van der Waals surface area contributed by atoms with Crippen LogP contribution in [-0.2, 0) is 16.0 Å². The molecule has 2 rings (SSSR count). The lowest BCUT2D eigenvalue weighted by molar-refractivity contribution is -0.144. The predicted molar refractivity (Wildman–Crippen MR) is 71.6 cm³/mol. The molecule has 0 amide bonds. The molecular weight excluding hydrogens is 248 g/mol. The third kappa shape index (κ3) is 3.09. The number of hydrogen-bond donors (Lipinski definition) is 1. The number of aryl methyl sites for hydroxylation is 1. The maximum atomic E-state index is 11.7. The van der Waals surface area contributed by atoms with E-state index in [1.165, 1.54) is 12.0 Å².